The van der Waals surface area contributed by atoms with Crippen molar-refractivity contribution in [1.82, 2.24) is 9.47 Å². The van der Waals surface area contributed by atoms with E-state index in [4.69, 9.17) is 9.84 Å². The van der Waals surface area contributed by atoms with Crippen LogP contribution in [0.3, 0.4) is 0 Å². The van der Waals surface area contributed by atoms with Crippen molar-refractivity contribution in [2.24, 2.45) is 0 Å². The fraction of sp³-hybridized carbons (Fsp3) is 0.583. The third-order valence-corrected chi connectivity index (χ3v) is 3.03. The lowest BCUT2D eigenvalue weighted by molar-refractivity contribution is -0.140. The van der Waals surface area contributed by atoms with E-state index in [1.807, 2.05) is 0 Å². The Kier molecular flexibility index (Phi) is 4.34. The molecule has 0 spiro atoms. The zero-order valence-electron chi connectivity index (χ0n) is 10.6. The summed E-state index contributed by atoms with van der Waals surface area (Å²) in [6.07, 6.45) is -3.64. The van der Waals surface area contributed by atoms with Crippen LogP contribution >= 0.6 is 0 Å². The van der Waals surface area contributed by atoms with Gasteiger partial charge in [-0.25, -0.2) is 0 Å². The Bertz CT molecular complexity index is 473. The second-order valence-electron chi connectivity index (χ2n) is 4.56. The molecule has 8 heteroatoms. The van der Waals surface area contributed by atoms with Crippen LogP contribution in [0.25, 0.3) is 0 Å². The number of ether oxygens (including phenoxy) is 1. The normalized spacial score (nSPS) is 20.2. The molecular weight excluding hydrogens is 277 g/mol. The van der Waals surface area contributed by atoms with Gasteiger partial charge in [-0.3, -0.25) is 4.79 Å². The van der Waals surface area contributed by atoms with Crippen LogP contribution < -0.4 is 0 Å². The Morgan fingerprint density at radius 1 is 1.50 bits per heavy atom. The summed E-state index contributed by atoms with van der Waals surface area (Å²) in [7, 11) is 0. The standard InChI is InChI=1S/C12H15F3N2O3/c13-12(14,15)8-17-3-1-2-10(17)11(19)16-4-5-20-9(6-16)7-18/h1-3,9,18H,4-8H2. The quantitative estimate of drug-likeness (QED) is 0.900. The average molecular weight is 292 g/mol. The van der Waals surface area contributed by atoms with Crippen LogP contribution in [0, 0.1) is 0 Å². The molecule has 2 heterocycles. The maximum atomic E-state index is 12.4. The minimum atomic E-state index is -4.38. The Morgan fingerprint density at radius 2 is 2.25 bits per heavy atom. The predicted molar refractivity (Wildman–Crippen MR) is 63.2 cm³/mol. The highest BCUT2D eigenvalue weighted by Crippen LogP contribution is 2.20. The number of halogens is 3. The second kappa shape index (κ2) is 5.84. The minimum Gasteiger partial charge on any atom is -0.394 e. The van der Waals surface area contributed by atoms with Crippen molar-refractivity contribution in [3.8, 4) is 0 Å². The highest BCUT2D eigenvalue weighted by molar-refractivity contribution is 5.92. The third kappa shape index (κ3) is 3.51. The largest absolute Gasteiger partial charge is 0.406 e. The van der Waals surface area contributed by atoms with Crippen molar-refractivity contribution in [3.63, 3.8) is 0 Å². The lowest BCUT2D eigenvalue weighted by Crippen LogP contribution is -2.47. The van der Waals surface area contributed by atoms with Crippen LogP contribution in [-0.4, -0.2) is 59.1 Å². The molecule has 0 aliphatic carbocycles. The number of alkyl halides is 3. The molecule has 0 saturated carbocycles. The lowest BCUT2D eigenvalue weighted by Gasteiger charge is -2.32. The van der Waals surface area contributed by atoms with Crippen molar-refractivity contribution in [2.75, 3.05) is 26.3 Å². The SMILES string of the molecule is O=C(c1cccn1CC(F)(F)F)N1CCOC(CO)C1. The fourth-order valence-electron chi connectivity index (χ4n) is 2.12. The Balaban J connectivity index is 2.11. The number of morpholine rings is 1. The van der Waals surface area contributed by atoms with Gasteiger partial charge in [-0.2, -0.15) is 13.2 Å². The van der Waals surface area contributed by atoms with Gasteiger partial charge >= 0.3 is 6.18 Å². The summed E-state index contributed by atoms with van der Waals surface area (Å²) < 4.78 is 43.4. The lowest BCUT2D eigenvalue weighted by atomic mass is 10.2. The number of carbonyl (C=O) groups is 1. The summed E-state index contributed by atoms with van der Waals surface area (Å²) in [5.74, 6) is -0.485. The molecule has 1 aromatic heterocycles. The molecular formula is C12H15F3N2O3. The van der Waals surface area contributed by atoms with Crippen molar-refractivity contribution >= 4 is 5.91 Å². The molecule has 1 saturated heterocycles. The maximum absolute atomic E-state index is 12.4. The number of aliphatic hydroxyl groups excluding tert-OH is 1. The molecule has 2 rings (SSSR count). The number of aromatic nitrogens is 1. The summed E-state index contributed by atoms with van der Waals surface area (Å²) in [6.45, 7) is -0.696. The number of rotatable bonds is 3. The molecule has 0 aromatic carbocycles. The van der Waals surface area contributed by atoms with Gasteiger partial charge in [0.25, 0.3) is 5.91 Å². The van der Waals surface area contributed by atoms with Crippen molar-refractivity contribution in [3.05, 3.63) is 24.0 Å². The topological polar surface area (TPSA) is 54.7 Å². The summed E-state index contributed by atoms with van der Waals surface area (Å²) in [6, 6.07) is 2.76. The van der Waals surface area contributed by atoms with E-state index in [0.717, 1.165) is 4.57 Å². The van der Waals surface area contributed by atoms with Gasteiger partial charge in [0.2, 0.25) is 0 Å². The number of hydrogen-bond donors (Lipinski definition) is 1. The molecule has 0 bridgehead atoms. The van der Waals surface area contributed by atoms with Gasteiger partial charge in [0.05, 0.1) is 19.3 Å². The minimum absolute atomic E-state index is 0.0130. The zero-order chi connectivity index (χ0) is 14.8. The van der Waals surface area contributed by atoms with Crippen LogP contribution in [0.2, 0.25) is 0 Å². The van der Waals surface area contributed by atoms with E-state index in [0.29, 0.717) is 6.54 Å². The van der Waals surface area contributed by atoms with Gasteiger partial charge in [-0.1, -0.05) is 0 Å². The highest BCUT2D eigenvalue weighted by Gasteiger charge is 2.31. The maximum Gasteiger partial charge on any atom is 0.406 e. The first-order valence-corrected chi connectivity index (χ1v) is 6.14. The molecule has 112 valence electrons. The van der Waals surface area contributed by atoms with Crippen LogP contribution in [0.15, 0.2) is 18.3 Å². The first-order valence-electron chi connectivity index (χ1n) is 6.14. The monoisotopic (exact) mass is 292 g/mol. The Hall–Kier alpha value is -1.54. The van der Waals surface area contributed by atoms with Crippen molar-refractivity contribution in [1.29, 1.82) is 0 Å². The van der Waals surface area contributed by atoms with Crippen LogP contribution in [0.4, 0.5) is 13.2 Å². The number of nitrogens with zero attached hydrogens (tertiary/aromatic N) is 2. The smallest absolute Gasteiger partial charge is 0.394 e. The third-order valence-electron chi connectivity index (χ3n) is 3.03. The highest BCUT2D eigenvalue weighted by atomic mass is 19.4. The van der Waals surface area contributed by atoms with Crippen molar-refractivity contribution in [2.45, 2.75) is 18.8 Å². The number of hydrogen-bond acceptors (Lipinski definition) is 3. The molecule has 1 aromatic rings. The Morgan fingerprint density at radius 3 is 2.90 bits per heavy atom. The van der Waals surface area contributed by atoms with Crippen LogP contribution in [0.1, 0.15) is 10.5 Å². The number of carbonyl (C=O) groups excluding carboxylic acids is 1. The number of aliphatic hydroxyl groups is 1. The summed E-state index contributed by atoms with van der Waals surface area (Å²) in [5, 5.41) is 9.01. The second-order valence-corrected chi connectivity index (χ2v) is 4.56. The van der Waals surface area contributed by atoms with Gasteiger partial charge in [-0.15, -0.1) is 0 Å². The fourth-order valence-corrected chi connectivity index (χ4v) is 2.12. The van der Waals surface area contributed by atoms with Gasteiger partial charge in [0, 0.05) is 19.3 Å². The number of amides is 1. The first-order chi connectivity index (χ1) is 9.40. The summed E-state index contributed by atoms with van der Waals surface area (Å²) in [5.41, 5.74) is -0.0130. The molecule has 1 atom stereocenters. The van der Waals surface area contributed by atoms with Gasteiger partial charge in [-0.05, 0) is 12.1 Å². The van der Waals surface area contributed by atoms with Crippen LogP contribution in [0.5, 0.6) is 0 Å². The van der Waals surface area contributed by atoms with Gasteiger partial charge in [0.1, 0.15) is 12.2 Å². The summed E-state index contributed by atoms with van der Waals surface area (Å²) >= 11 is 0. The van der Waals surface area contributed by atoms with E-state index in [-0.39, 0.29) is 25.5 Å². The molecule has 5 nitrogen and oxygen atoms in total. The van der Waals surface area contributed by atoms with E-state index in [2.05, 4.69) is 0 Å². The molecule has 0 radical (unpaired) electrons. The van der Waals surface area contributed by atoms with E-state index in [1.165, 1.54) is 23.2 Å². The zero-order valence-corrected chi connectivity index (χ0v) is 10.6. The molecule has 1 fully saturated rings. The molecule has 1 N–H and O–H groups in total. The molecule has 1 aliphatic rings. The van der Waals surface area contributed by atoms with E-state index >= 15 is 0 Å². The van der Waals surface area contributed by atoms with Gasteiger partial charge < -0.3 is 19.3 Å². The summed E-state index contributed by atoms with van der Waals surface area (Å²) in [4.78, 5) is 13.6. The van der Waals surface area contributed by atoms with E-state index in [9.17, 15) is 18.0 Å². The van der Waals surface area contributed by atoms with E-state index < -0.39 is 24.7 Å². The molecule has 20 heavy (non-hydrogen) atoms. The van der Waals surface area contributed by atoms with E-state index in [1.54, 1.807) is 0 Å². The van der Waals surface area contributed by atoms with Gasteiger partial charge in [0.15, 0.2) is 0 Å². The molecule has 1 aliphatic heterocycles. The first kappa shape index (κ1) is 14.9. The predicted octanol–water partition coefficient (Wildman–Crippen LogP) is 0.884. The van der Waals surface area contributed by atoms with Crippen LogP contribution in [-0.2, 0) is 11.3 Å². The molecule has 1 unspecified atom stereocenters. The Labute approximate surface area is 113 Å². The average Bonchev–Trinajstić information content (AvgIpc) is 2.83. The molecule has 1 amide bonds. The van der Waals surface area contributed by atoms with Crippen molar-refractivity contribution < 1.29 is 27.8 Å².